The maximum Gasteiger partial charge on any atom is 0.342 e. The molecule has 2 heterocycles. The van der Waals surface area contributed by atoms with Crippen molar-refractivity contribution >= 4 is 17.6 Å². The number of ether oxygens (including phenoxy) is 4. The van der Waals surface area contributed by atoms with Crippen LogP contribution in [0.4, 0.5) is 5.69 Å². The second-order valence-electron chi connectivity index (χ2n) is 8.95. The van der Waals surface area contributed by atoms with Gasteiger partial charge >= 0.3 is 11.9 Å². The van der Waals surface area contributed by atoms with Gasteiger partial charge in [-0.1, -0.05) is 13.8 Å². The summed E-state index contributed by atoms with van der Waals surface area (Å²) in [5, 5.41) is 71.6. The second kappa shape index (κ2) is 14.7. The minimum atomic E-state index is -1.85. The third-order valence-electron chi connectivity index (χ3n) is 6.51. The minimum absolute atomic E-state index is 0.193. The van der Waals surface area contributed by atoms with Crippen LogP contribution in [0.3, 0.4) is 0 Å². The van der Waals surface area contributed by atoms with Gasteiger partial charge < -0.3 is 65.7 Å². The molecule has 39 heavy (non-hydrogen) atoms. The van der Waals surface area contributed by atoms with Crippen molar-refractivity contribution in [1.29, 1.82) is 0 Å². The zero-order valence-corrected chi connectivity index (χ0v) is 21.9. The van der Waals surface area contributed by atoms with Gasteiger partial charge in [0.05, 0.1) is 20.3 Å². The molecule has 2 aliphatic heterocycles. The highest BCUT2D eigenvalue weighted by atomic mass is 16.6. The first kappa shape index (κ1) is 32.6. The van der Waals surface area contributed by atoms with Gasteiger partial charge in [0.15, 0.2) is 12.1 Å². The number of likely N-dealkylation sites (N-methyl/N-ethyl adjacent to an activating group) is 1. The summed E-state index contributed by atoms with van der Waals surface area (Å²) in [7, 11) is 1.60. The molecule has 2 fully saturated rings. The second-order valence-corrected chi connectivity index (χ2v) is 8.95. The number of phenols is 1. The van der Waals surface area contributed by atoms with Gasteiger partial charge in [-0.25, -0.2) is 9.59 Å². The monoisotopic (exact) mass is 563 g/mol. The van der Waals surface area contributed by atoms with Crippen LogP contribution in [0.5, 0.6) is 5.75 Å². The van der Waals surface area contributed by atoms with Gasteiger partial charge in [0.25, 0.3) is 0 Å². The van der Waals surface area contributed by atoms with E-state index in [1.807, 2.05) is 13.8 Å². The zero-order valence-electron chi connectivity index (χ0n) is 21.9. The Morgan fingerprint density at radius 2 is 1.62 bits per heavy atom. The lowest BCUT2D eigenvalue weighted by Crippen LogP contribution is -2.93. The summed E-state index contributed by atoms with van der Waals surface area (Å²) in [6.45, 7) is 2.86. The Morgan fingerprint density at radius 3 is 2.23 bits per heavy atom. The van der Waals surface area contributed by atoms with Crippen molar-refractivity contribution in [1.82, 2.24) is 0 Å². The lowest BCUT2D eigenvalue weighted by molar-refractivity contribution is -0.694. The van der Waals surface area contributed by atoms with Crippen LogP contribution in [0.1, 0.15) is 24.2 Å². The highest BCUT2D eigenvalue weighted by Crippen LogP contribution is 2.27. The third kappa shape index (κ3) is 7.75. The van der Waals surface area contributed by atoms with E-state index < -0.39 is 86.1 Å². The van der Waals surface area contributed by atoms with E-state index >= 15 is 0 Å². The number of carbonyl (C=O) groups is 2. The van der Waals surface area contributed by atoms with E-state index in [1.54, 1.807) is 7.05 Å². The summed E-state index contributed by atoms with van der Waals surface area (Å²) >= 11 is 0. The number of benzene rings is 1. The molecule has 15 nitrogen and oxygen atoms in total. The van der Waals surface area contributed by atoms with Crippen molar-refractivity contribution in [2.24, 2.45) is 5.92 Å². The Hall–Kier alpha value is -2.60. The van der Waals surface area contributed by atoms with Crippen LogP contribution in [0.2, 0.25) is 0 Å². The number of carboxylic acid groups (broad SMARTS) is 1. The first-order valence-corrected chi connectivity index (χ1v) is 12.5. The van der Waals surface area contributed by atoms with Crippen LogP contribution in [0, 0.1) is 5.92 Å². The molecule has 11 N–H and O–H groups in total. The van der Waals surface area contributed by atoms with E-state index in [-0.39, 0.29) is 23.6 Å². The van der Waals surface area contributed by atoms with Crippen LogP contribution < -0.4 is 11.1 Å². The summed E-state index contributed by atoms with van der Waals surface area (Å²) in [6.07, 6.45) is -12.1. The zero-order chi connectivity index (χ0) is 29.4. The molecule has 0 spiro atoms. The fraction of sp³-hybridized carbons (Fsp3) is 0.667. The van der Waals surface area contributed by atoms with E-state index in [2.05, 4.69) is 0 Å². The summed E-state index contributed by atoms with van der Waals surface area (Å²) < 4.78 is 21.5. The van der Waals surface area contributed by atoms with Crippen LogP contribution >= 0.6 is 0 Å². The van der Waals surface area contributed by atoms with Crippen LogP contribution in [-0.2, 0) is 23.7 Å². The SMILES string of the molecule is CC.C[NH2+]C1[C@H](O)OC(COC(=O)c2cc(N)ccc2O)[C@@H](COC[C@@H]2OC(C(=O)O)[C@@H](O)[C@@H](O)C2O)[C@H]1O. The number of hydrogen-bond acceptors (Lipinski definition) is 13. The van der Waals surface area contributed by atoms with Gasteiger partial charge in [-0.05, 0) is 18.2 Å². The molecule has 4 unspecified atom stereocenters. The molecule has 0 radical (unpaired) electrons. The number of anilines is 1. The molecule has 0 aromatic heterocycles. The van der Waals surface area contributed by atoms with Gasteiger partial charge in [-0.15, -0.1) is 0 Å². The maximum absolute atomic E-state index is 12.5. The van der Waals surface area contributed by atoms with Crippen molar-refractivity contribution in [3.8, 4) is 5.75 Å². The first-order chi connectivity index (χ1) is 18.5. The average Bonchev–Trinajstić information content (AvgIpc) is 2.91. The number of carboxylic acids is 1. The molecule has 0 bridgehead atoms. The first-order valence-electron chi connectivity index (χ1n) is 12.5. The number of aromatic hydroxyl groups is 1. The van der Waals surface area contributed by atoms with E-state index in [0.717, 1.165) is 0 Å². The van der Waals surface area contributed by atoms with Crippen molar-refractivity contribution in [3.63, 3.8) is 0 Å². The van der Waals surface area contributed by atoms with Gasteiger partial charge in [-0.2, -0.15) is 0 Å². The number of hydrogen-bond donors (Lipinski definition) is 9. The van der Waals surface area contributed by atoms with Crippen molar-refractivity contribution in [3.05, 3.63) is 23.8 Å². The van der Waals surface area contributed by atoms with Gasteiger partial charge in [0, 0.05) is 11.6 Å². The fourth-order valence-corrected chi connectivity index (χ4v) is 4.34. The average molecular weight is 564 g/mol. The van der Waals surface area contributed by atoms with Crippen molar-refractivity contribution < 1.29 is 69.6 Å². The Morgan fingerprint density at radius 1 is 0.949 bits per heavy atom. The number of phenolic OH excluding ortho intramolecular Hbond substituents is 1. The number of aliphatic carboxylic acids is 1. The molecule has 0 saturated carbocycles. The smallest absolute Gasteiger partial charge is 0.342 e. The minimum Gasteiger partial charge on any atom is -0.507 e. The molecule has 1 aromatic carbocycles. The van der Waals surface area contributed by atoms with E-state index in [4.69, 9.17) is 29.8 Å². The molecule has 15 heteroatoms. The maximum atomic E-state index is 12.5. The summed E-state index contributed by atoms with van der Waals surface area (Å²) in [5.41, 5.74) is 5.66. The van der Waals surface area contributed by atoms with Crippen LogP contribution in [-0.4, -0.2) is 130 Å². The van der Waals surface area contributed by atoms with E-state index in [9.17, 15) is 40.2 Å². The van der Waals surface area contributed by atoms with Crippen LogP contribution in [0.15, 0.2) is 18.2 Å². The van der Waals surface area contributed by atoms with E-state index in [1.165, 1.54) is 23.5 Å². The third-order valence-corrected chi connectivity index (χ3v) is 6.51. The molecular formula is C24H39N2O13+. The van der Waals surface area contributed by atoms with Crippen molar-refractivity contribution in [2.75, 3.05) is 32.6 Å². The summed E-state index contributed by atoms with van der Waals surface area (Å²) in [5.74, 6) is -3.70. The van der Waals surface area contributed by atoms with E-state index in [0.29, 0.717) is 0 Å². The molecule has 1 aromatic rings. The number of carbonyl (C=O) groups excluding carboxylic acids is 1. The highest BCUT2D eigenvalue weighted by Gasteiger charge is 2.49. The molecule has 0 amide bonds. The Bertz CT molecular complexity index is 951. The number of esters is 1. The number of nitrogen functional groups attached to an aromatic ring is 1. The molecule has 10 atom stereocenters. The predicted octanol–water partition coefficient (Wildman–Crippen LogP) is -3.64. The van der Waals surface area contributed by atoms with Gasteiger partial charge in [-0.3, -0.25) is 0 Å². The van der Waals surface area contributed by atoms with Gasteiger partial charge in [0.2, 0.25) is 6.29 Å². The topological polar surface area (TPSA) is 255 Å². The lowest BCUT2D eigenvalue weighted by Gasteiger charge is -2.41. The molecule has 222 valence electrons. The highest BCUT2D eigenvalue weighted by molar-refractivity contribution is 5.93. The van der Waals surface area contributed by atoms with Crippen LogP contribution in [0.25, 0.3) is 0 Å². The lowest BCUT2D eigenvalue weighted by atomic mass is 9.88. The number of nitrogens with two attached hydrogens (primary N) is 2. The van der Waals surface area contributed by atoms with Crippen molar-refractivity contribution in [2.45, 2.75) is 68.9 Å². The molecule has 2 aliphatic rings. The normalized spacial score (nSPS) is 34.5. The molecule has 0 aliphatic carbocycles. The number of rotatable bonds is 9. The molecule has 2 saturated heterocycles. The Labute approximate surface area is 224 Å². The number of aliphatic hydroxyl groups excluding tert-OH is 5. The Balaban J connectivity index is 0.00000260. The summed E-state index contributed by atoms with van der Waals surface area (Å²) in [6, 6.07) is 3.02. The molecule has 3 rings (SSSR count). The predicted molar refractivity (Wildman–Crippen MR) is 131 cm³/mol. The fourth-order valence-electron chi connectivity index (χ4n) is 4.34. The molecular weight excluding hydrogens is 524 g/mol. The standard InChI is InChI=1S/C22H32N2O13.C2H6/c1-24-14-15(26)10(5-34-6-13-16(27)17(28)18(29)19(36-13)20(30)31)12(37-22(14)33)7-35-21(32)9-4-8(23)2-3-11(9)25;1-2/h2-4,10,12-19,22,24-29,33H,5-7,23H2,1H3,(H,30,31);1-2H3/p+1/t10-,12?,13+,14?,15-,16?,17+,18+,19?,22-;/m1./s1. The quantitative estimate of drug-likeness (QED) is 0.0798. The van der Waals surface area contributed by atoms with Gasteiger partial charge in [0.1, 0.15) is 54.5 Å². The summed E-state index contributed by atoms with van der Waals surface area (Å²) in [4.78, 5) is 23.7. The Kier molecular flexibility index (Phi) is 12.3. The number of aliphatic hydroxyl groups is 5. The largest absolute Gasteiger partial charge is 0.507 e. The number of quaternary nitrogens is 1.